The first-order chi connectivity index (χ1) is 10.2. The van der Waals surface area contributed by atoms with Crippen LogP contribution in [0.25, 0.3) is 0 Å². The van der Waals surface area contributed by atoms with Crippen molar-refractivity contribution in [1.82, 2.24) is 5.32 Å². The Morgan fingerprint density at radius 3 is 2.62 bits per heavy atom. The van der Waals surface area contributed by atoms with Crippen molar-refractivity contribution in [3.63, 3.8) is 0 Å². The molecule has 0 aromatic rings. The molecule has 0 saturated heterocycles. The number of methoxy groups -OCH3 is 1. The Kier molecular flexibility index (Phi) is 9.77. The van der Waals surface area contributed by atoms with Gasteiger partial charge in [0, 0.05) is 19.4 Å². The van der Waals surface area contributed by atoms with E-state index >= 15 is 0 Å². The average Bonchev–Trinajstić information content (AvgIpc) is 2.50. The Morgan fingerprint density at radius 1 is 1.19 bits per heavy atom. The topological polar surface area (TPSA) is 41.5 Å². The normalized spacial score (nSPS) is 25.8. The quantitative estimate of drug-likeness (QED) is 0.566. The van der Waals surface area contributed by atoms with Crippen molar-refractivity contribution in [2.45, 2.75) is 83.3 Å². The Balaban J connectivity index is 2.05. The van der Waals surface area contributed by atoms with Crippen LogP contribution in [0.4, 0.5) is 0 Å². The molecular formula is C18H35NO2. The first kappa shape index (κ1) is 18.5. The van der Waals surface area contributed by atoms with Crippen molar-refractivity contribution in [2.24, 2.45) is 5.92 Å². The molecule has 2 N–H and O–H groups in total. The lowest BCUT2D eigenvalue weighted by molar-refractivity contribution is -0.0498. The summed E-state index contributed by atoms with van der Waals surface area (Å²) in [6, 6.07) is 0. The summed E-state index contributed by atoms with van der Waals surface area (Å²) in [5.74, 6) is 0.597. The maximum atomic E-state index is 9.81. The summed E-state index contributed by atoms with van der Waals surface area (Å²) in [4.78, 5) is 0. The number of nitrogens with one attached hydrogen (secondary N) is 1. The van der Waals surface area contributed by atoms with Crippen LogP contribution >= 0.6 is 0 Å². The Labute approximate surface area is 131 Å². The second-order valence-corrected chi connectivity index (χ2v) is 6.52. The molecule has 0 bridgehead atoms. The van der Waals surface area contributed by atoms with E-state index in [0.29, 0.717) is 5.92 Å². The molecule has 1 rings (SSSR count). The summed E-state index contributed by atoms with van der Waals surface area (Å²) in [6.45, 7) is 7.36. The molecule has 3 unspecified atom stereocenters. The van der Waals surface area contributed by atoms with Crippen molar-refractivity contribution >= 4 is 0 Å². The van der Waals surface area contributed by atoms with E-state index in [1.807, 2.05) is 0 Å². The van der Waals surface area contributed by atoms with Gasteiger partial charge in [-0.1, -0.05) is 45.6 Å². The zero-order valence-electron chi connectivity index (χ0n) is 14.1. The number of unbranched alkanes of at least 4 members (excludes halogenated alkanes) is 5. The second-order valence-electron chi connectivity index (χ2n) is 6.52. The number of hydrogen-bond acceptors (Lipinski definition) is 3. The molecule has 124 valence electrons. The number of allylic oxidation sites excluding steroid dienone is 1. The first-order valence-corrected chi connectivity index (χ1v) is 8.79. The molecule has 1 aliphatic carbocycles. The fourth-order valence-electron chi connectivity index (χ4n) is 3.13. The zero-order valence-corrected chi connectivity index (χ0v) is 14.1. The smallest absolute Gasteiger partial charge is 0.0833 e. The summed E-state index contributed by atoms with van der Waals surface area (Å²) >= 11 is 0. The van der Waals surface area contributed by atoms with Crippen LogP contribution in [0.3, 0.4) is 0 Å². The molecule has 0 aromatic carbocycles. The molecule has 0 aliphatic heterocycles. The van der Waals surface area contributed by atoms with Gasteiger partial charge in [-0.3, -0.25) is 0 Å². The number of rotatable bonds is 11. The van der Waals surface area contributed by atoms with Crippen molar-refractivity contribution < 1.29 is 9.84 Å². The minimum atomic E-state index is -0.280. The molecule has 3 nitrogen and oxygen atoms in total. The number of aliphatic hydroxyl groups is 1. The molecule has 1 fully saturated rings. The van der Waals surface area contributed by atoms with Gasteiger partial charge in [0.1, 0.15) is 0 Å². The van der Waals surface area contributed by atoms with Gasteiger partial charge >= 0.3 is 0 Å². The fraction of sp³-hybridized carbons (Fsp3) is 0.889. The van der Waals surface area contributed by atoms with Gasteiger partial charge < -0.3 is 15.2 Å². The third-order valence-corrected chi connectivity index (χ3v) is 4.64. The summed E-state index contributed by atoms with van der Waals surface area (Å²) < 4.78 is 5.35. The largest absolute Gasteiger partial charge is 0.390 e. The molecular weight excluding hydrogens is 262 g/mol. The van der Waals surface area contributed by atoms with Gasteiger partial charge in [0.2, 0.25) is 0 Å². The molecule has 3 heteroatoms. The van der Waals surface area contributed by atoms with E-state index in [2.05, 4.69) is 18.8 Å². The number of ether oxygens (including phenoxy) is 1. The van der Waals surface area contributed by atoms with E-state index in [1.54, 1.807) is 7.11 Å². The van der Waals surface area contributed by atoms with Crippen LogP contribution in [0.5, 0.6) is 0 Å². The molecule has 0 amide bonds. The van der Waals surface area contributed by atoms with E-state index in [0.717, 1.165) is 32.2 Å². The van der Waals surface area contributed by atoms with Crippen molar-refractivity contribution in [3.8, 4) is 0 Å². The highest BCUT2D eigenvalue weighted by atomic mass is 16.5. The number of hydrogen-bond donors (Lipinski definition) is 2. The number of aliphatic hydroxyl groups excluding tert-OH is 1. The first-order valence-electron chi connectivity index (χ1n) is 8.79. The van der Waals surface area contributed by atoms with Crippen molar-refractivity contribution in [1.29, 1.82) is 0 Å². The van der Waals surface area contributed by atoms with Crippen LogP contribution in [0.1, 0.15) is 71.1 Å². The maximum absolute atomic E-state index is 9.81. The molecule has 3 atom stereocenters. The summed E-state index contributed by atoms with van der Waals surface area (Å²) in [6.07, 6.45) is 11.7. The van der Waals surface area contributed by atoms with Crippen LogP contribution in [-0.2, 0) is 4.74 Å². The van der Waals surface area contributed by atoms with Gasteiger partial charge in [0.05, 0.1) is 12.2 Å². The minimum absolute atomic E-state index is 0.0115. The van der Waals surface area contributed by atoms with E-state index in [9.17, 15) is 5.11 Å². The highest BCUT2D eigenvalue weighted by Crippen LogP contribution is 2.26. The SMILES string of the molecule is C=C(CCCCCCCC)NCC1CCC(O)C(OC)C1. The van der Waals surface area contributed by atoms with Gasteiger partial charge in [-0.25, -0.2) is 0 Å². The predicted octanol–water partition coefficient (Wildman–Crippen LogP) is 4.02. The zero-order chi connectivity index (χ0) is 15.5. The van der Waals surface area contributed by atoms with E-state index in [1.165, 1.54) is 44.2 Å². The van der Waals surface area contributed by atoms with Gasteiger partial charge in [-0.05, 0) is 38.0 Å². The predicted molar refractivity (Wildman–Crippen MR) is 89.3 cm³/mol. The molecule has 21 heavy (non-hydrogen) atoms. The summed E-state index contributed by atoms with van der Waals surface area (Å²) in [5, 5.41) is 13.3. The molecule has 1 aliphatic rings. The highest BCUT2D eigenvalue weighted by molar-refractivity contribution is 4.92. The Morgan fingerprint density at radius 2 is 1.90 bits per heavy atom. The van der Waals surface area contributed by atoms with Crippen LogP contribution in [-0.4, -0.2) is 31.0 Å². The van der Waals surface area contributed by atoms with Crippen LogP contribution in [0, 0.1) is 5.92 Å². The lowest BCUT2D eigenvalue weighted by Crippen LogP contribution is -2.38. The van der Waals surface area contributed by atoms with E-state index in [4.69, 9.17) is 4.74 Å². The van der Waals surface area contributed by atoms with E-state index in [-0.39, 0.29) is 12.2 Å². The van der Waals surface area contributed by atoms with Gasteiger partial charge in [-0.15, -0.1) is 0 Å². The van der Waals surface area contributed by atoms with E-state index < -0.39 is 0 Å². The third kappa shape index (κ3) is 7.87. The summed E-state index contributed by atoms with van der Waals surface area (Å²) in [5.41, 5.74) is 1.17. The lowest BCUT2D eigenvalue weighted by Gasteiger charge is -2.32. The molecule has 0 radical (unpaired) electrons. The third-order valence-electron chi connectivity index (χ3n) is 4.64. The van der Waals surface area contributed by atoms with Crippen LogP contribution < -0.4 is 5.32 Å². The van der Waals surface area contributed by atoms with Crippen molar-refractivity contribution in [2.75, 3.05) is 13.7 Å². The second kappa shape index (κ2) is 11.1. The van der Waals surface area contributed by atoms with Gasteiger partial charge in [0.25, 0.3) is 0 Å². The summed E-state index contributed by atoms with van der Waals surface area (Å²) in [7, 11) is 1.70. The average molecular weight is 297 g/mol. The lowest BCUT2D eigenvalue weighted by atomic mass is 9.85. The Bertz CT molecular complexity index is 280. The van der Waals surface area contributed by atoms with Crippen molar-refractivity contribution in [3.05, 3.63) is 12.3 Å². The molecule has 0 aromatic heterocycles. The molecule has 0 spiro atoms. The maximum Gasteiger partial charge on any atom is 0.0833 e. The monoisotopic (exact) mass is 297 g/mol. The highest BCUT2D eigenvalue weighted by Gasteiger charge is 2.28. The molecule has 1 saturated carbocycles. The minimum Gasteiger partial charge on any atom is -0.390 e. The standard InChI is InChI=1S/C18H35NO2/c1-4-5-6-7-8-9-10-15(2)19-14-16-11-12-17(20)18(13-16)21-3/h16-20H,2,4-14H2,1,3H3. The van der Waals surface area contributed by atoms with Crippen LogP contribution in [0.2, 0.25) is 0 Å². The van der Waals surface area contributed by atoms with Gasteiger partial charge in [0.15, 0.2) is 0 Å². The van der Waals surface area contributed by atoms with Crippen LogP contribution in [0.15, 0.2) is 12.3 Å². The molecule has 0 heterocycles. The Hall–Kier alpha value is -0.540. The van der Waals surface area contributed by atoms with Gasteiger partial charge in [-0.2, -0.15) is 0 Å². The fourth-order valence-corrected chi connectivity index (χ4v) is 3.13.